The Morgan fingerprint density at radius 1 is 1.05 bits per heavy atom. The van der Waals surface area contributed by atoms with Crippen LogP contribution in [0, 0.1) is 3.57 Å². The smallest absolute Gasteiger partial charge is 0.319 e. The number of hydrogen-bond donors (Lipinski definition) is 2. The van der Waals surface area contributed by atoms with Gasteiger partial charge in [-0.2, -0.15) is 0 Å². The topological polar surface area (TPSA) is 41.1 Å². The number of anilines is 1. The van der Waals surface area contributed by atoms with E-state index in [1.54, 1.807) is 0 Å². The summed E-state index contributed by atoms with van der Waals surface area (Å²) in [6.45, 7) is 0.581. The number of carbonyl (C=O) groups is 1. The number of amides is 2. The molecule has 0 aliphatic carbocycles. The largest absolute Gasteiger partial charge is 0.338 e. The van der Waals surface area contributed by atoms with Crippen LogP contribution in [0.15, 0.2) is 48.5 Å². The van der Waals surface area contributed by atoms with Crippen molar-refractivity contribution in [1.82, 2.24) is 5.32 Å². The number of hydrogen-bond acceptors (Lipinski definition) is 1. The molecule has 0 aromatic heterocycles. The number of carbonyl (C=O) groups excluding carboxylic acids is 1. The molecule has 0 spiro atoms. The van der Waals surface area contributed by atoms with Crippen LogP contribution < -0.4 is 10.6 Å². The summed E-state index contributed by atoms with van der Waals surface area (Å²) in [5.74, 6) is 0. The second-order valence-corrected chi connectivity index (χ2v) is 5.95. The van der Waals surface area contributed by atoms with Gasteiger partial charge in [-0.05, 0) is 71.0 Å². The summed E-state index contributed by atoms with van der Waals surface area (Å²) in [5, 5.41) is 6.33. The molecule has 2 aromatic carbocycles. The Bertz CT molecular complexity index is 569. The minimum atomic E-state index is -0.194. The van der Waals surface area contributed by atoms with Gasteiger partial charge in [-0.25, -0.2) is 4.79 Å². The van der Waals surface area contributed by atoms with Crippen molar-refractivity contribution in [3.63, 3.8) is 0 Å². The zero-order valence-electron chi connectivity index (χ0n) is 10.7. The fourth-order valence-corrected chi connectivity index (χ4v) is 2.17. The first kappa shape index (κ1) is 15.1. The predicted molar refractivity (Wildman–Crippen MR) is 91.3 cm³/mol. The normalized spacial score (nSPS) is 10.1. The maximum Gasteiger partial charge on any atom is 0.319 e. The summed E-state index contributed by atoms with van der Waals surface area (Å²) < 4.78 is 1.14. The number of benzene rings is 2. The minimum Gasteiger partial charge on any atom is -0.338 e. The first-order chi connectivity index (χ1) is 9.63. The van der Waals surface area contributed by atoms with Crippen LogP contribution in [0.25, 0.3) is 0 Å². The number of urea groups is 1. The highest BCUT2D eigenvalue weighted by molar-refractivity contribution is 14.1. The molecule has 2 rings (SSSR count). The quantitative estimate of drug-likeness (QED) is 0.738. The van der Waals surface area contributed by atoms with Gasteiger partial charge in [0.2, 0.25) is 0 Å². The summed E-state index contributed by atoms with van der Waals surface area (Å²) in [6, 6.07) is 15.1. The summed E-state index contributed by atoms with van der Waals surface area (Å²) in [5.41, 5.74) is 1.93. The van der Waals surface area contributed by atoms with E-state index in [1.165, 1.54) is 0 Å². The highest BCUT2D eigenvalue weighted by Crippen LogP contribution is 2.11. The maximum atomic E-state index is 11.7. The number of nitrogens with one attached hydrogen (secondary N) is 2. The Balaban J connectivity index is 1.75. The SMILES string of the molecule is O=C(NCCc1ccc(Cl)cc1)Nc1ccc(I)cc1. The van der Waals surface area contributed by atoms with Crippen molar-refractivity contribution >= 4 is 45.9 Å². The molecule has 2 N–H and O–H groups in total. The molecule has 0 saturated carbocycles. The lowest BCUT2D eigenvalue weighted by molar-refractivity contribution is 0.252. The number of rotatable bonds is 4. The molecular weight excluding hydrogens is 387 g/mol. The molecule has 2 aromatic rings. The van der Waals surface area contributed by atoms with Gasteiger partial charge >= 0.3 is 6.03 Å². The fraction of sp³-hybridized carbons (Fsp3) is 0.133. The Kier molecular flexibility index (Phi) is 5.67. The standard InChI is InChI=1S/C15H14ClIN2O/c16-12-3-1-11(2-4-12)9-10-18-15(20)19-14-7-5-13(17)6-8-14/h1-8H,9-10H2,(H2,18,19,20). The molecule has 3 nitrogen and oxygen atoms in total. The molecule has 104 valence electrons. The van der Waals surface area contributed by atoms with E-state index < -0.39 is 0 Å². The summed E-state index contributed by atoms with van der Waals surface area (Å²) in [4.78, 5) is 11.7. The van der Waals surface area contributed by atoms with Gasteiger partial charge in [0.25, 0.3) is 0 Å². The van der Waals surface area contributed by atoms with Crippen LogP contribution in [0.4, 0.5) is 10.5 Å². The van der Waals surface area contributed by atoms with Gasteiger partial charge in [0.05, 0.1) is 0 Å². The summed E-state index contributed by atoms with van der Waals surface area (Å²) in [6.07, 6.45) is 0.775. The molecule has 2 amide bonds. The van der Waals surface area contributed by atoms with E-state index in [1.807, 2.05) is 48.5 Å². The molecule has 0 heterocycles. The van der Waals surface area contributed by atoms with Crippen LogP contribution >= 0.6 is 34.2 Å². The van der Waals surface area contributed by atoms with Crippen molar-refractivity contribution in [3.8, 4) is 0 Å². The van der Waals surface area contributed by atoms with Gasteiger partial charge in [-0.3, -0.25) is 0 Å². The zero-order valence-corrected chi connectivity index (χ0v) is 13.6. The summed E-state index contributed by atoms with van der Waals surface area (Å²) in [7, 11) is 0. The van der Waals surface area contributed by atoms with Crippen LogP contribution in [-0.4, -0.2) is 12.6 Å². The molecule has 0 radical (unpaired) electrons. The Labute approximate surface area is 136 Å². The average Bonchev–Trinajstić information content (AvgIpc) is 2.44. The van der Waals surface area contributed by atoms with Crippen molar-refractivity contribution < 1.29 is 4.79 Å². The second kappa shape index (κ2) is 7.50. The first-order valence-corrected chi connectivity index (χ1v) is 7.64. The Morgan fingerprint density at radius 2 is 1.70 bits per heavy atom. The van der Waals surface area contributed by atoms with E-state index in [-0.39, 0.29) is 6.03 Å². The van der Waals surface area contributed by atoms with Gasteiger partial charge < -0.3 is 10.6 Å². The third kappa shape index (κ3) is 5.02. The molecule has 0 unspecified atom stereocenters. The van der Waals surface area contributed by atoms with E-state index in [2.05, 4.69) is 33.2 Å². The fourth-order valence-electron chi connectivity index (χ4n) is 1.68. The Hall–Kier alpha value is -1.27. The highest BCUT2D eigenvalue weighted by Gasteiger charge is 2.01. The van der Waals surface area contributed by atoms with E-state index in [4.69, 9.17) is 11.6 Å². The van der Waals surface area contributed by atoms with Gasteiger partial charge in [-0.1, -0.05) is 23.7 Å². The van der Waals surface area contributed by atoms with Gasteiger partial charge in [0.15, 0.2) is 0 Å². The minimum absolute atomic E-state index is 0.194. The summed E-state index contributed by atoms with van der Waals surface area (Å²) >= 11 is 8.04. The Morgan fingerprint density at radius 3 is 2.35 bits per heavy atom. The van der Waals surface area contributed by atoms with E-state index >= 15 is 0 Å². The second-order valence-electron chi connectivity index (χ2n) is 4.26. The van der Waals surface area contributed by atoms with Crippen LogP contribution in [0.2, 0.25) is 5.02 Å². The third-order valence-corrected chi connectivity index (χ3v) is 3.69. The molecule has 0 atom stereocenters. The van der Waals surface area contributed by atoms with Crippen molar-refractivity contribution in [2.75, 3.05) is 11.9 Å². The van der Waals surface area contributed by atoms with E-state index in [0.717, 1.165) is 26.3 Å². The van der Waals surface area contributed by atoms with Crippen LogP contribution in [0.3, 0.4) is 0 Å². The molecule has 0 aliphatic rings. The lowest BCUT2D eigenvalue weighted by Gasteiger charge is -2.08. The van der Waals surface area contributed by atoms with Crippen molar-refractivity contribution in [2.45, 2.75) is 6.42 Å². The van der Waals surface area contributed by atoms with Crippen molar-refractivity contribution in [3.05, 3.63) is 62.7 Å². The van der Waals surface area contributed by atoms with Gasteiger partial charge in [0, 0.05) is 20.8 Å². The molecule has 0 aliphatic heterocycles. The van der Waals surface area contributed by atoms with E-state index in [9.17, 15) is 4.79 Å². The average molecular weight is 401 g/mol. The first-order valence-electron chi connectivity index (χ1n) is 6.18. The molecule has 0 saturated heterocycles. The molecule has 0 bridgehead atoms. The van der Waals surface area contributed by atoms with E-state index in [0.29, 0.717) is 6.54 Å². The molecular formula is C15H14ClIN2O. The van der Waals surface area contributed by atoms with Crippen LogP contribution in [0.1, 0.15) is 5.56 Å². The molecule has 5 heteroatoms. The van der Waals surface area contributed by atoms with Crippen LogP contribution in [-0.2, 0) is 6.42 Å². The van der Waals surface area contributed by atoms with Gasteiger partial charge in [0.1, 0.15) is 0 Å². The zero-order chi connectivity index (χ0) is 14.4. The molecule has 0 fully saturated rings. The van der Waals surface area contributed by atoms with Gasteiger partial charge in [-0.15, -0.1) is 0 Å². The lowest BCUT2D eigenvalue weighted by atomic mass is 10.1. The third-order valence-electron chi connectivity index (χ3n) is 2.71. The van der Waals surface area contributed by atoms with Crippen molar-refractivity contribution in [2.24, 2.45) is 0 Å². The highest BCUT2D eigenvalue weighted by atomic mass is 127. The monoisotopic (exact) mass is 400 g/mol. The maximum absolute atomic E-state index is 11.7. The lowest BCUT2D eigenvalue weighted by Crippen LogP contribution is -2.30. The van der Waals surface area contributed by atoms with Crippen LogP contribution in [0.5, 0.6) is 0 Å². The number of halogens is 2. The molecule has 20 heavy (non-hydrogen) atoms. The predicted octanol–water partition coefficient (Wildman–Crippen LogP) is 4.31. The van der Waals surface area contributed by atoms with Crippen molar-refractivity contribution in [1.29, 1.82) is 0 Å².